The first-order valence-corrected chi connectivity index (χ1v) is 7.10. The van der Waals surface area contributed by atoms with Gasteiger partial charge in [-0.25, -0.2) is 19.9 Å². The van der Waals surface area contributed by atoms with Crippen LogP contribution in [0, 0.1) is 6.92 Å². The van der Waals surface area contributed by atoms with E-state index in [1.54, 1.807) is 18.8 Å². The molecule has 2 N–H and O–H groups in total. The van der Waals surface area contributed by atoms with Crippen LogP contribution in [0.15, 0.2) is 53.5 Å². The molecule has 0 aliphatic rings. The molecule has 0 bridgehead atoms. The molecule has 3 heterocycles. The summed E-state index contributed by atoms with van der Waals surface area (Å²) in [6.45, 7) is 1.96. The predicted octanol–water partition coefficient (Wildman–Crippen LogP) is 3.24. The van der Waals surface area contributed by atoms with Crippen molar-refractivity contribution < 1.29 is 4.42 Å². The van der Waals surface area contributed by atoms with Crippen molar-refractivity contribution in [3.63, 3.8) is 0 Å². The maximum Gasteiger partial charge on any atom is 0.220 e. The molecule has 4 rings (SSSR count). The van der Waals surface area contributed by atoms with E-state index in [0.29, 0.717) is 11.5 Å². The molecule has 0 aliphatic heterocycles. The van der Waals surface area contributed by atoms with Crippen molar-refractivity contribution in [2.75, 3.05) is 5.73 Å². The van der Waals surface area contributed by atoms with Gasteiger partial charge in [0.05, 0.1) is 11.8 Å². The second-order valence-corrected chi connectivity index (χ2v) is 5.16. The van der Waals surface area contributed by atoms with E-state index in [2.05, 4.69) is 19.9 Å². The number of aromatic nitrogens is 4. The minimum Gasteiger partial charge on any atom is -0.463 e. The molecular weight excluding hydrogens is 290 g/mol. The number of nitrogen functional groups attached to an aromatic ring is 1. The molecule has 4 aromatic rings. The summed E-state index contributed by atoms with van der Waals surface area (Å²) in [5.74, 6) is 0.857. The van der Waals surface area contributed by atoms with Crippen LogP contribution in [0.2, 0.25) is 0 Å². The number of furan rings is 1. The second-order valence-electron chi connectivity index (χ2n) is 5.16. The molecule has 6 heteroatoms. The van der Waals surface area contributed by atoms with E-state index in [9.17, 15) is 0 Å². The molecule has 0 amide bonds. The van der Waals surface area contributed by atoms with Crippen molar-refractivity contribution in [1.82, 2.24) is 19.9 Å². The molecule has 0 radical (unpaired) electrons. The first-order chi connectivity index (χ1) is 11.2. The molecule has 0 unspecified atom stereocenters. The molecule has 0 saturated heterocycles. The average molecular weight is 303 g/mol. The third kappa shape index (κ3) is 2.30. The molecule has 0 fully saturated rings. The van der Waals surface area contributed by atoms with Gasteiger partial charge in [-0.1, -0.05) is 6.07 Å². The number of benzene rings is 1. The fourth-order valence-corrected chi connectivity index (χ4v) is 2.56. The molecular formula is C17H13N5O. The topological polar surface area (TPSA) is 90.7 Å². The highest BCUT2D eigenvalue weighted by molar-refractivity contribution is 5.88. The fourth-order valence-electron chi connectivity index (χ4n) is 2.56. The van der Waals surface area contributed by atoms with Crippen molar-refractivity contribution in [3.8, 4) is 22.6 Å². The molecule has 23 heavy (non-hydrogen) atoms. The third-order valence-corrected chi connectivity index (χ3v) is 3.71. The van der Waals surface area contributed by atoms with Crippen molar-refractivity contribution in [3.05, 3.63) is 54.8 Å². The van der Waals surface area contributed by atoms with E-state index in [-0.39, 0.29) is 5.95 Å². The van der Waals surface area contributed by atoms with Gasteiger partial charge in [-0.2, -0.15) is 0 Å². The van der Waals surface area contributed by atoms with Crippen LogP contribution in [0.3, 0.4) is 0 Å². The highest BCUT2D eigenvalue weighted by atomic mass is 16.3. The smallest absolute Gasteiger partial charge is 0.220 e. The van der Waals surface area contributed by atoms with Crippen LogP contribution in [0.1, 0.15) is 5.69 Å². The van der Waals surface area contributed by atoms with Gasteiger partial charge in [-0.3, -0.25) is 0 Å². The lowest BCUT2D eigenvalue weighted by Gasteiger charge is -2.09. The number of nitrogens with zero attached hydrogens (tertiary/aromatic N) is 4. The Hall–Kier alpha value is -3.28. The minimum atomic E-state index is 0.209. The normalized spacial score (nSPS) is 11.0. The van der Waals surface area contributed by atoms with Gasteiger partial charge in [-0.15, -0.1) is 0 Å². The monoisotopic (exact) mass is 303 g/mol. The first-order valence-electron chi connectivity index (χ1n) is 7.10. The molecule has 112 valence electrons. The van der Waals surface area contributed by atoms with Gasteiger partial charge in [0.1, 0.15) is 12.0 Å². The summed E-state index contributed by atoms with van der Waals surface area (Å²) in [5.41, 5.74) is 10.0. The fraction of sp³-hybridized carbons (Fsp3) is 0.0588. The SMILES string of the molecule is Cc1ncnc2ccc(-c3cnc(N)nc3-c3ccco3)cc12. The van der Waals surface area contributed by atoms with Crippen LogP contribution < -0.4 is 5.73 Å². The Bertz CT molecular complexity index is 995. The van der Waals surface area contributed by atoms with Crippen molar-refractivity contribution in [2.24, 2.45) is 0 Å². The Morgan fingerprint density at radius 3 is 2.83 bits per heavy atom. The molecule has 0 spiro atoms. The van der Waals surface area contributed by atoms with Crippen LogP contribution in [-0.4, -0.2) is 19.9 Å². The summed E-state index contributed by atoms with van der Waals surface area (Å²) < 4.78 is 5.48. The summed E-state index contributed by atoms with van der Waals surface area (Å²) in [6, 6.07) is 9.64. The number of hydrogen-bond donors (Lipinski definition) is 1. The Labute approximate surface area is 132 Å². The molecule has 1 aromatic carbocycles. The quantitative estimate of drug-likeness (QED) is 0.611. The predicted molar refractivity (Wildman–Crippen MR) is 87.4 cm³/mol. The van der Waals surface area contributed by atoms with Gasteiger partial charge in [0, 0.05) is 22.8 Å². The zero-order valence-corrected chi connectivity index (χ0v) is 12.4. The van der Waals surface area contributed by atoms with Crippen LogP contribution >= 0.6 is 0 Å². The highest BCUT2D eigenvalue weighted by Crippen LogP contribution is 2.32. The lowest BCUT2D eigenvalue weighted by Crippen LogP contribution is -1.98. The van der Waals surface area contributed by atoms with E-state index in [1.165, 1.54) is 0 Å². The van der Waals surface area contributed by atoms with Gasteiger partial charge >= 0.3 is 0 Å². The standard InChI is InChI=1S/C17H13N5O/c1-10-12-7-11(4-5-14(12)21-9-20-10)13-8-19-17(18)22-16(13)15-3-2-6-23-15/h2-9H,1H3,(H2,18,19,22). The molecule has 6 nitrogen and oxygen atoms in total. The molecule has 0 aliphatic carbocycles. The van der Waals surface area contributed by atoms with Crippen molar-refractivity contribution in [2.45, 2.75) is 6.92 Å². The maximum absolute atomic E-state index is 5.74. The third-order valence-electron chi connectivity index (χ3n) is 3.71. The van der Waals surface area contributed by atoms with Crippen LogP contribution in [0.5, 0.6) is 0 Å². The molecule has 0 atom stereocenters. The van der Waals surface area contributed by atoms with E-state index < -0.39 is 0 Å². The lowest BCUT2D eigenvalue weighted by atomic mass is 10.0. The van der Waals surface area contributed by atoms with Gasteiger partial charge in [-0.05, 0) is 36.8 Å². The Kier molecular flexibility index (Phi) is 3.01. The van der Waals surface area contributed by atoms with Gasteiger partial charge in [0.25, 0.3) is 0 Å². The van der Waals surface area contributed by atoms with E-state index in [4.69, 9.17) is 10.2 Å². The molecule has 3 aromatic heterocycles. The van der Waals surface area contributed by atoms with Gasteiger partial charge in [0.15, 0.2) is 5.76 Å². The Morgan fingerprint density at radius 2 is 2.00 bits per heavy atom. The summed E-state index contributed by atoms with van der Waals surface area (Å²) in [4.78, 5) is 17.0. The van der Waals surface area contributed by atoms with Crippen molar-refractivity contribution in [1.29, 1.82) is 0 Å². The van der Waals surface area contributed by atoms with E-state index >= 15 is 0 Å². The van der Waals surface area contributed by atoms with Gasteiger partial charge < -0.3 is 10.2 Å². The first kappa shape index (κ1) is 13.4. The number of hydrogen-bond acceptors (Lipinski definition) is 6. The summed E-state index contributed by atoms with van der Waals surface area (Å²) in [5, 5.41) is 0.993. The zero-order chi connectivity index (χ0) is 15.8. The Morgan fingerprint density at radius 1 is 1.09 bits per heavy atom. The average Bonchev–Trinajstić information content (AvgIpc) is 3.09. The molecule has 0 saturated carbocycles. The summed E-state index contributed by atoms with van der Waals surface area (Å²) in [7, 11) is 0. The minimum absolute atomic E-state index is 0.209. The number of anilines is 1. The summed E-state index contributed by atoms with van der Waals surface area (Å²) in [6.07, 6.45) is 4.88. The van der Waals surface area contributed by atoms with Crippen LogP contribution in [-0.2, 0) is 0 Å². The summed E-state index contributed by atoms with van der Waals surface area (Å²) >= 11 is 0. The van der Waals surface area contributed by atoms with E-state index in [1.807, 2.05) is 37.3 Å². The highest BCUT2D eigenvalue weighted by Gasteiger charge is 2.14. The second kappa shape index (κ2) is 5.17. The van der Waals surface area contributed by atoms with Crippen LogP contribution in [0.25, 0.3) is 33.5 Å². The number of rotatable bonds is 2. The van der Waals surface area contributed by atoms with Crippen LogP contribution in [0.4, 0.5) is 5.95 Å². The lowest BCUT2D eigenvalue weighted by molar-refractivity contribution is 0.580. The van der Waals surface area contributed by atoms with E-state index in [0.717, 1.165) is 27.7 Å². The van der Waals surface area contributed by atoms with Crippen molar-refractivity contribution >= 4 is 16.9 Å². The van der Waals surface area contributed by atoms with Gasteiger partial charge in [0.2, 0.25) is 5.95 Å². The largest absolute Gasteiger partial charge is 0.463 e. The maximum atomic E-state index is 5.74. The number of nitrogens with two attached hydrogens (primary N) is 1. The number of fused-ring (bicyclic) bond motifs is 1. The zero-order valence-electron chi connectivity index (χ0n) is 12.4. The Balaban J connectivity index is 1.96. The number of aryl methyl sites for hydroxylation is 1.